The molecule has 0 fully saturated rings. The van der Waals surface area contributed by atoms with E-state index in [-0.39, 0.29) is 0 Å². The lowest BCUT2D eigenvalue weighted by Crippen LogP contribution is -2.47. The molecule has 74 valence electrons. The fraction of sp³-hybridized carbons (Fsp3) is 1.00. The lowest BCUT2D eigenvalue weighted by Gasteiger charge is -2.29. The Morgan fingerprint density at radius 2 is 1.58 bits per heavy atom. The second-order valence-corrected chi connectivity index (χ2v) is 8.87. The maximum Gasteiger partial charge on any atom is 0.499 e. The van der Waals surface area contributed by atoms with Crippen LogP contribution in [0.2, 0.25) is 5.16 Å². The van der Waals surface area contributed by atoms with E-state index in [0.29, 0.717) is 5.16 Å². The number of hydrogen-bond donors (Lipinski definition) is 0. The summed E-state index contributed by atoms with van der Waals surface area (Å²) in [5.41, 5.74) is 0. The molecule has 0 saturated carbocycles. The van der Waals surface area contributed by atoms with Crippen LogP contribution in [0.15, 0.2) is 0 Å². The van der Waals surface area contributed by atoms with Gasteiger partial charge in [0.15, 0.2) is 0 Å². The monoisotopic (exact) mass is 208 g/mol. The lowest BCUT2D eigenvalue weighted by atomic mass is 10.4. The van der Waals surface area contributed by atoms with E-state index in [4.69, 9.17) is 13.3 Å². The van der Waals surface area contributed by atoms with Gasteiger partial charge in [0.2, 0.25) is 0 Å². The Hall–Kier alpha value is 0.314. The van der Waals surface area contributed by atoms with E-state index < -0.39 is 8.80 Å². The SMILES string of the molecule is CCCC([SiH3])[Si](OC)(OC)OC. The van der Waals surface area contributed by atoms with E-state index >= 15 is 0 Å². The average Bonchev–Trinajstić information content (AvgIpc) is 2.09. The summed E-state index contributed by atoms with van der Waals surface area (Å²) in [5.74, 6) is 0. The molecule has 3 nitrogen and oxygen atoms in total. The second kappa shape index (κ2) is 5.87. The highest BCUT2D eigenvalue weighted by Crippen LogP contribution is 2.24. The third-order valence-electron chi connectivity index (χ3n) is 2.18. The van der Waals surface area contributed by atoms with Crippen LogP contribution < -0.4 is 0 Å². The quantitative estimate of drug-likeness (QED) is 0.590. The summed E-state index contributed by atoms with van der Waals surface area (Å²) >= 11 is 0. The molecule has 0 spiro atoms. The van der Waals surface area contributed by atoms with Crippen LogP contribution in [0.4, 0.5) is 0 Å². The molecular weight excluding hydrogens is 188 g/mol. The largest absolute Gasteiger partial charge is 0.499 e. The Balaban J connectivity index is 4.24. The second-order valence-electron chi connectivity index (χ2n) is 2.91. The standard InChI is InChI=1S/C7H20O3Si2/c1-5-6-7(11)12(8-2,9-3)10-4/h7H,5-6H2,1-4,11H3. The van der Waals surface area contributed by atoms with Crippen LogP contribution in [0, 0.1) is 0 Å². The average molecular weight is 208 g/mol. The summed E-state index contributed by atoms with van der Waals surface area (Å²) in [6.45, 7) is 2.17. The Morgan fingerprint density at radius 1 is 1.17 bits per heavy atom. The molecule has 0 aromatic carbocycles. The Bertz CT molecular complexity index is 109. The molecule has 0 rings (SSSR count). The predicted molar refractivity (Wildman–Crippen MR) is 55.4 cm³/mol. The Kier molecular flexibility index (Phi) is 6.03. The first kappa shape index (κ1) is 12.3. The molecule has 0 aromatic heterocycles. The molecular formula is C7H20O3Si2. The van der Waals surface area contributed by atoms with Crippen molar-refractivity contribution < 1.29 is 13.3 Å². The van der Waals surface area contributed by atoms with Gasteiger partial charge in [-0.05, 0) is 6.42 Å². The van der Waals surface area contributed by atoms with Crippen LogP contribution in [-0.4, -0.2) is 40.4 Å². The molecule has 0 amide bonds. The summed E-state index contributed by atoms with van der Waals surface area (Å²) in [4.78, 5) is 0. The fourth-order valence-corrected chi connectivity index (χ4v) is 6.51. The van der Waals surface area contributed by atoms with Crippen molar-refractivity contribution in [2.24, 2.45) is 0 Å². The van der Waals surface area contributed by atoms with Gasteiger partial charge in [0, 0.05) is 36.7 Å². The maximum absolute atomic E-state index is 5.38. The zero-order chi connectivity index (χ0) is 9.61. The fourth-order valence-electron chi connectivity index (χ4n) is 1.46. The maximum atomic E-state index is 5.38. The van der Waals surface area contributed by atoms with Gasteiger partial charge in [-0.3, -0.25) is 0 Å². The van der Waals surface area contributed by atoms with Gasteiger partial charge in [0.1, 0.15) is 0 Å². The van der Waals surface area contributed by atoms with Crippen LogP contribution >= 0.6 is 0 Å². The van der Waals surface area contributed by atoms with Gasteiger partial charge < -0.3 is 13.3 Å². The lowest BCUT2D eigenvalue weighted by molar-refractivity contribution is 0.119. The topological polar surface area (TPSA) is 27.7 Å². The van der Waals surface area contributed by atoms with E-state index in [1.54, 1.807) is 21.3 Å². The van der Waals surface area contributed by atoms with E-state index in [9.17, 15) is 0 Å². The number of hydrogen-bond acceptors (Lipinski definition) is 3. The summed E-state index contributed by atoms with van der Waals surface area (Å²) in [6, 6.07) is 0. The Morgan fingerprint density at radius 3 is 1.83 bits per heavy atom. The van der Waals surface area contributed by atoms with Crippen molar-refractivity contribution in [2.45, 2.75) is 24.9 Å². The first-order valence-corrected chi connectivity index (χ1v) is 7.28. The summed E-state index contributed by atoms with van der Waals surface area (Å²) in [7, 11) is 3.83. The summed E-state index contributed by atoms with van der Waals surface area (Å²) < 4.78 is 16.1. The minimum absolute atomic E-state index is 0.516. The van der Waals surface area contributed by atoms with Crippen LogP contribution in [0.3, 0.4) is 0 Å². The van der Waals surface area contributed by atoms with Crippen molar-refractivity contribution >= 4 is 19.0 Å². The zero-order valence-corrected chi connectivity index (χ0v) is 11.7. The normalized spacial score (nSPS) is 15.0. The van der Waals surface area contributed by atoms with Gasteiger partial charge in [0.05, 0.1) is 0 Å². The highest BCUT2D eigenvalue weighted by atomic mass is 28.4. The van der Waals surface area contributed by atoms with E-state index in [2.05, 4.69) is 6.92 Å². The zero-order valence-electron chi connectivity index (χ0n) is 8.72. The molecule has 0 radical (unpaired) electrons. The molecule has 0 aromatic rings. The van der Waals surface area contributed by atoms with E-state index in [0.717, 1.165) is 16.7 Å². The van der Waals surface area contributed by atoms with E-state index in [1.807, 2.05) is 0 Å². The molecule has 0 aliphatic rings. The van der Waals surface area contributed by atoms with Crippen molar-refractivity contribution in [3.05, 3.63) is 0 Å². The van der Waals surface area contributed by atoms with Gasteiger partial charge in [0.25, 0.3) is 0 Å². The van der Waals surface area contributed by atoms with Crippen molar-refractivity contribution in [3.63, 3.8) is 0 Å². The molecule has 0 aliphatic heterocycles. The third-order valence-corrected chi connectivity index (χ3v) is 8.08. The van der Waals surface area contributed by atoms with Crippen molar-refractivity contribution in [1.82, 2.24) is 0 Å². The summed E-state index contributed by atoms with van der Waals surface area (Å²) in [5, 5.41) is 0.516. The first-order valence-electron chi connectivity index (χ1n) is 4.32. The highest BCUT2D eigenvalue weighted by molar-refractivity contribution is 6.69. The molecule has 0 bridgehead atoms. The molecule has 1 unspecified atom stereocenters. The predicted octanol–water partition coefficient (Wildman–Crippen LogP) is 0.358. The molecule has 0 saturated heterocycles. The molecule has 1 atom stereocenters. The minimum atomic E-state index is -2.28. The van der Waals surface area contributed by atoms with Gasteiger partial charge in [-0.25, -0.2) is 0 Å². The van der Waals surface area contributed by atoms with Crippen LogP contribution in [-0.2, 0) is 13.3 Å². The molecule has 5 heteroatoms. The van der Waals surface area contributed by atoms with Crippen LogP contribution in [0.25, 0.3) is 0 Å². The molecule has 0 aliphatic carbocycles. The smallest absolute Gasteiger partial charge is 0.377 e. The van der Waals surface area contributed by atoms with Crippen molar-refractivity contribution in [1.29, 1.82) is 0 Å². The minimum Gasteiger partial charge on any atom is -0.377 e. The van der Waals surface area contributed by atoms with Crippen LogP contribution in [0.5, 0.6) is 0 Å². The first-order chi connectivity index (χ1) is 5.66. The van der Waals surface area contributed by atoms with Gasteiger partial charge >= 0.3 is 8.80 Å². The highest BCUT2D eigenvalue weighted by Gasteiger charge is 2.43. The van der Waals surface area contributed by atoms with Gasteiger partial charge in [-0.15, -0.1) is 0 Å². The Labute approximate surface area is 79.2 Å². The molecule has 12 heavy (non-hydrogen) atoms. The third kappa shape index (κ3) is 2.67. The van der Waals surface area contributed by atoms with E-state index in [1.165, 1.54) is 6.42 Å². The van der Waals surface area contributed by atoms with Crippen molar-refractivity contribution in [2.75, 3.05) is 21.3 Å². The van der Waals surface area contributed by atoms with Gasteiger partial charge in [-0.1, -0.05) is 13.3 Å². The molecule has 0 N–H and O–H groups in total. The summed E-state index contributed by atoms with van der Waals surface area (Å²) in [6.07, 6.45) is 2.31. The number of rotatable bonds is 6. The van der Waals surface area contributed by atoms with Crippen LogP contribution in [0.1, 0.15) is 19.8 Å². The molecule has 0 heterocycles. The van der Waals surface area contributed by atoms with Crippen molar-refractivity contribution in [3.8, 4) is 0 Å². The van der Waals surface area contributed by atoms with Gasteiger partial charge in [-0.2, -0.15) is 0 Å².